The first-order valence-corrected chi connectivity index (χ1v) is 21.6. The zero-order chi connectivity index (χ0) is 45.0. The molecule has 3 aromatic heterocycles. The minimum absolute atomic E-state index is 0.132. The van der Waals surface area contributed by atoms with Crippen LogP contribution in [0.1, 0.15) is 5.56 Å². The van der Waals surface area contributed by atoms with Crippen molar-refractivity contribution in [2.75, 3.05) is 7.11 Å². The standard InChI is InChI=1S/C59H43N3O4/c1-66-58-37-43(57-31-29-47(38-62-57)59(63,64)65)28-30-54(58)53-17-7-6-16-52(53)46-35-44(50-14-4-2-12-48(50)39-20-24-41(25-21-39)55-18-8-10-32-60-55)34-45(36-46)51-15-5-3-13-49(51)40-22-26-42(27-23-40)56-19-9-11-33-61-56/h2-38,63-65H,1H3. The van der Waals surface area contributed by atoms with Gasteiger partial charge in [-0.3, -0.25) is 15.0 Å². The molecule has 0 aliphatic rings. The lowest BCUT2D eigenvalue weighted by Crippen LogP contribution is -2.23. The van der Waals surface area contributed by atoms with Crippen LogP contribution in [-0.2, 0) is 5.97 Å². The van der Waals surface area contributed by atoms with Crippen molar-refractivity contribution in [3.8, 4) is 106 Å². The molecule has 0 aliphatic carbocycles. The molecule has 7 nitrogen and oxygen atoms in total. The van der Waals surface area contributed by atoms with Crippen molar-refractivity contribution < 1.29 is 20.1 Å². The summed E-state index contributed by atoms with van der Waals surface area (Å²) < 4.78 is 6.06. The number of aromatic nitrogens is 3. The van der Waals surface area contributed by atoms with Crippen LogP contribution in [0.2, 0.25) is 0 Å². The van der Waals surface area contributed by atoms with Gasteiger partial charge in [-0.1, -0.05) is 140 Å². The molecule has 10 rings (SSSR count). The Kier molecular flexibility index (Phi) is 11.4. The molecule has 0 unspecified atom stereocenters. The van der Waals surface area contributed by atoms with Crippen molar-refractivity contribution in [1.82, 2.24) is 15.0 Å². The molecule has 0 saturated heterocycles. The van der Waals surface area contributed by atoms with E-state index in [0.717, 1.165) is 94.8 Å². The lowest BCUT2D eigenvalue weighted by Gasteiger charge is -2.19. The van der Waals surface area contributed by atoms with Crippen molar-refractivity contribution in [3.05, 3.63) is 230 Å². The first-order valence-electron chi connectivity index (χ1n) is 21.6. The van der Waals surface area contributed by atoms with Gasteiger partial charge < -0.3 is 20.1 Å². The van der Waals surface area contributed by atoms with Gasteiger partial charge in [0.15, 0.2) is 0 Å². The summed E-state index contributed by atoms with van der Waals surface area (Å²) in [6.07, 6.45) is 4.87. The number of ether oxygens (including phenoxy) is 1. The number of nitrogens with zero attached hydrogens (tertiary/aromatic N) is 3. The average Bonchev–Trinajstić information content (AvgIpc) is 3.39. The van der Waals surface area contributed by atoms with E-state index in [1.807, 2.05) is 73.1 Å². The Balaban J connectivity index is 1.12. The van der Waals surface area contributed by atoms with Gasteiger partial charge in [0, 0.05) is 40.8 Å². The van der Waals surface area contributed by atoms with Crippen LogP contribution in [0.5, 0.6) is 5.75 Å². The van der Waals surface area contributed by atoms with Crippen molar-refractivity contribution in [3.63, 3.8) is 0 Å². The number of hydrogen-bond acceptors (Lipinski definition) is 7. The molecule has 3 N–H and O–H groups in total. The Hall–Kier alpha value is -8.33. The minimum atomic E-state index is -2.98. The molecule has 0 radical (unpaired) electrons. The summed E-state index contributed by atoms with van der Waals surface area (Å²) in [5.41, 5.74) is 17.9. The van der Waals surface area contributed by atoms with E-state index in [0.29, 0.717) is 11.4 Å². The second-order valence-corrected chi connectivity index (χ2v) is 16.0. The molecule has 7 heteroatoms. The molecule has 0 aliphatic heterocycles. The van der Waals surface area contributed by atoms with E-state index in [1.54, 1.807) is 13.2 Å². The maximum absolute atomic E-state index is 9.65. The molecular formula is C59H43N3O4. The van der Waals surface area contributed by atoms with Crippen LogP contribution >= 0.6 is 0 Å². The third kappa shape index (κ3) is 8.53. The van der Waals surface area contributed by atoms with E-state index < -0.39 is 5.97 Å². The highest BCUT2D eigenvalue weighted by atomic mass is 16.7. The van der Waals surface area contributed by atoms with Gasteiger partial charge in [-0.15, -0.1) is 0 Å². The zero-order valence-corrected chi connectivity index (χ0v) is 36.0. The summed E-state index contributed by atoms with van der Waals surface area (Å²) in [7, 11) is 1.65. The quantitative estimate of drug-likeness (QED) is 0.111. The average molecular weight is 858 g/mol. The predicted octanol–water partition coefficient (Wildman–Crippen LogP) is 13.0. The third-order valence-electron chi connectivity index (χ3n) is 11.9. The summed E-state index contributed by atoms with van der Waals surface area (Å²) in [5, 5.41) is 28.9. The molecule has 66 heavy (non-hydrogen) atoms. The summed E-state index contributed by atoms with van der Waals surface area (Å²) in [6, 6.07) is 70.5. The number of methoxy groups -OCH3 is 1. The Morgan fingerprint density at radius 1 is 0.333 bits per heavy atom. The van der Waals surface area contributed by atoms with Gasteiger partial charge in [-0.25, -0.2) is 0 Å². The third-order valence-corrected chi connectivity index (χ3v) is 11.9. The SMILES string of the molecule is COc1cc(-c2ccc(C(O)(O)O)cn2)ccc1-c1ccccc1-c1cc(-c2ccccc2-c2ccc(-c3ccccn3)cc2)cc(-c2ccccc2-c2ccc(-c3ccccn3)cc2)c1. The highest BCUT2D eigenvalue weighted by molar-refractivity contribution is 5.95. The van der Waals surface area contributed by atoms with Crippen LogP contribution in [0.15, 0.2) is 225 Å². The lowest BCUT2D eigenvalue weighted by atomic mass is 9.86. The van der Waals surface area contributed by atoms with Crippen LogP contribution < -0.4 is 4.74 Å². The van der Waals surface area contributed by atoms with Gasteiger partial charge in [-0.2, -0.15) is 0 Å². The highest BCUT2D eigenvalue weighted by Crippen LogP contribution is 2.44. The molecule has 318 valence electrons. The summed E-state index contributed by atoms with van der Waals surface area (Å²) >= 11 is 0. The number of aliphatic hydroxyl groups is 3. The number of rotatable bonds is 11. The van der Waals surface area contributed by atoms with E-state index in [1.165, 1.54) is 12.3 Å². The number of pyridine rings is 3. The number of hydrogen-bond donors (Lipinski definition) is 3. The van der Waals surface area contributed by atoms with Crippen molar-refractivity contribution in [2.24, 2.45) is 0 Å². The fourth-order valence-electron chi connectivity index (χ4n) is 8.58. The first-order chi connectivity index (χ1) is 32.3. The molecule has 0 fully saturated rings. The molecule has 0 atom stereocenters. The molecular weight excluding hydrogens is 815 g/mol. The Morgan fingerprint density at radius 2 is 0.727 bits per heavy atom. The lowest BCUT2D eigenvalue weighted by molar-refractivity contribution is -0.324. The van der Waals surface area contributed by atoms with Gasteiger partial charge in [0.05, 0.1) is 29.8 Å². The monoisotopic (exact) mass is 857 g/mol. The topological polar surface area (TPSA) is 109 Å². The first kappa shape index (κ1) is 41.7. The molecule has 7 aromatic carbocycles. The molecule has 0 saturated carbocycles. The molecule has 10 aromatic rings. The van der Waals surface area contributed by atoms with E-state index in [9.17, 15) is 15.3 Å². The van der Waals surface area contributed by atoms with Crippen LogP contribution in [0.3, 0.4) is 0 Å². The highest BCUT2D eigenvalue weighted by Gasteiger charge is 2.23. The van der Waals surface area contributed by atoms with Gasteiger partial charge in [0.2, 0.25) is 0 Å². The van der Waals surface area contributed by atoms with Gasteiger partial charge in [-0.05, 0) is 128 Å². The van der Waals surface area contributed by atoms with E-state index in [4.69, 9.17) is 4.74 Å². The summed E-state index contributed by atoms with van der Waals surface area (Å²) in [5.74, 6) is -2.34. The van der Waals surface area contributed by atoms with Gasteiger partial charge in [0.25, 0.3) is 0 Å². The van der Waals surface area contributed by atoms with Crippen molar-refractivity contribution >= 4 is 0 Å². The minimum Gasteiger partial charge on any atom is -0.496 e. The van der Waals surface area contributed by atoms with E-state index in [2.05, 4.69) is 148 Å². The van der Waals surface area contributed by atoms with Crippen LogP contribution in [0, 0.1) is 0 Å². The van der Waals surface area contributed by atoms with E-state index in [-0.39, 0.29) is 5.56 Å². The second kappa shape index (κ2) is 18.0. The maximum atomic E-state index is 9.65. The van der Waals surface area contributed by atoms with Crippen LogP contribution in [0.25, 0.3) is 101 Å². The smallest absolute Gasteiger partial charge is 0.305 e. The van der Waals surface area contributed by atoms with E-state index >= 15 is 0 Å². The Labute approximate surface area is 383 Å². The number of benzene rings is 7. The normalized spacial score (nSPS) is 11.3. The second-order valence-electron chi connectivity index (χ2n) is 16.0. The Bertz CT molecular complexity index is 3150. The molecule has 0 bridgehead atoms. The van der Waals surface area contributed by atoms with Gasteiger partial charge in [0.1, 0.15) is 5.75 Å². The largest absolute Gasteiger partial charge is 0.496 e. The fraction of sp³-hybridized carbons (Fsp3) is 0.0339. The molecule has 3 heterocycles. The summed E-state index contributed by atoms with van der Waals surface area (Å²) in [6.45, 7) is 0. The molecule has 0 spiro atoms. The molecule has 0 amide bonds. The Morgan fingerprint density at radius 3 is 1.14 bits per heavy atom. The zero-order valence-electron chi connectivity index (χ0n) is 36.0. The summed E-state index contributed by atoms with van der Waals surface area (Å²) in [4.78, 5) is 13.5. The van der Waals surface area contributed by atoms with Crippen LogP contribution in [-0.4, -0.2) is 37.4 Å². The fourth-order valence-corrected chi connectivity index (χ4v) is 8.58. The van der Waals surface area contributed by atoms with Crippen molar-refractivity contribution in [1.29, 1.82) is 0 Å². The maximum Gasteiger partial charge on any atom is 0.305 e. The van der Waals surface area contributed by atoms with Crippen LogP contribution in [0.4, 0.5) is 0 Å². The van der Waals surface area contributed by atoms with Gasteiger partial charge >= 0.3 is 5.97 Å². The predicted molar refractivity (Wildman–Crippen MR) is 264 cm³/mol. The van der Waals surface area contributed by atoms with Crippen molar-refractivity contribution in [2.45, 2.75) is 5.97 Å².